The minimum Gasteiger partial charge on any atom is -0.481 e. The molecule has 5 nitrogen and oxygen atoms in total. The Morgan fingerprint density at radius 3 is 2.43 bits per heavy atom. The van der Waals surface area contributed by atoms with Gasteiger partial charge in [-0.15, -0.1) is 0 Å². The average Bonchev–Trinajstić information content (AvgIpc) is 2.63. The van der Waals surface area contributed by atoms with Gasteiger partial charge >= 0.3 is 5.97 Å². The second-order valence-electron chi connectivity index (χ2n) is 4.33. The molecular formula is C13H11BrF2N2O3. The fourth-order valence-electron chi connectivity index (χ4n) is 1.80. The summed E-state index contributed by atoms with van der Waals surface area (Å²) in [5.41, 5.74) is 0.849. The summed E-state index contributed by atoms with van der Waals surface area (Å²) in [6.07, 6.45) is 0. The third-order valence-electron chi connectivity index (χ3n) is 2.86. The summed E-state index contributed by atoms with van der Waals surface area (Å²) in [4.78, 5) is 10.7. The van der Waals surface area contributed by atoms with Gasteiger partial charge in [0.05, 0.1) is 21.4 Å². The number of halogens is 3. The van der Waals surface area contributed by atoms with Gasteiger partial charge in [0.2, 0.25) is 0 Å². The molecule has 0 saturated carbocycles. The molecule has 2 rings (SSSR count). The molecule has 1 N–H and O–H groups in total. The molecule has 112 valence electrons. The van der Waals surface area contributed by atoms with Crippen LogP contribution >= 0.6 is 15.9 Å². The summed E-state index contributed by atoms with van der Waals surface area (Å²) in [6, 6.07) is 1.43. The molecule has 0 aliphatic heterocycles. The monoisotopic (exact) mass is 360 g/mol. The number of hydrogen-bond donors (Lipinski definition) is 1. The van der Waals surface area contributed by atoms with Crippen LogP contribution in [0.15, 0.2) is 16.6 Å². The summed E-state index contributed by atoms with van der Waals surface area (Å²) in [5, 5.41) is 12.8. The Morgan fingerprint density at radius 2 is 2.00 bits per heavy atom. The summed E-state index contributed by atoms with van der Waals surface area (Å²) in [5.74, 6) is -4.17. The molecule has 0 fully saturated rings. The van der Waals surface area contributed by atoms with Gasteiger partial charge in [-0.2, -0.15) is 5.10 Å². The van der Waals surface area contributed by atoms with Gasteiger partial charge in [-0.25, -0.2) is 13.6 Å². The molecule has 0 spiro atoms. The summed E-state index contributed by atoms with van der Waals surface area (Å²) in [6.45, 7) is 1.66. The number of carbonyl (C=O) groups is 1. The minimum absolute atomic E-state index is 0.113. The van der Waals surface area contributed by atoms with Crippen molar-refractivity contribution in [2.24, 2.45) is 7.05 Å². The van der Waals surface area contributed by atoms with Crippen molar-refractivity contribution in [2.45, 2.75) is 13.5 Å². The van der Waals surface area contributed by atoms with Gasteiger partial charge in [-0.3, -0.25) is 4.68 Å². The third-order valence-corrected chi connectivity index (χ3v) is 3.89. The SMILES string of the molecule is Cc1nn(C)c(COc2c(F)cc(C(=O)O)cc2F)c1Br. The zero-order chi connectivity index (χ0) is 15.7. The molecule has 0 atom stereocenters. The summed E-state index contributed by atoms with van der Waals surface area (Å²) < 4.78 is 34.8. The van der Waals surface area contributed by atoms with Gasteiger partial charge in [0.15, 0.2) is 17.4 Å². The van der Waals surface area contributed by atoms with Crippen LogP contribution in [0.4, 0.5) is 8.78 Å². The number of hydrogen-bond acceptors (Lipinski definition) is 3. The van der Waals surface area contributed by atoms with E-state index < -0.39 is 28.9 Å². The summed E-state index contributed by atoms with van der Waals surface area (Å²) in [7, 11) is 1.68. The van der Waals surface area contributed by atoms with E-state index in [1.54, 1.807) is 14.0 Å². The number of rotatable bonds is 4. The summed E-state index contributed by atoms with van der Waals surface area (Å²) >= 11 is 3.31. The van der Waals surface area contributed by atoms with E-state index in [0.29, 0.717) is 22.3 Å². The smallest absolute Gasteiger partial charge is 0.335 e. The first kappa shape index (κ1) is 15.4. The molecule has 1 aromatic carbocycles. The lowest BCUT2D eigenvalue weighted by Crippen LogP contribution is -2.07. The first-order valence-corrected chi connectivity index (χ1v) is 6.63. The van der Waals surface area contributed by atoms with E-state index in [-0.39, 0.29) is 6.61 Å². The highest BCUT2D eigenvalue weighted by Crippen LogP contribution is 2.26. The maximum Gasteiger partial charge on any atom is 0.335 e. The van der Waals surface area contributed by atoms with Crippen LogP contribution in [0.5, 0.6) is 5.75 Å². The first-order valence-electron chi connectivity index (χ1n) is 5.84. The molecular weight excluding hydrogens is 350 g/mol. The number of nitrogens with zero attached hydrogens (tertiary/aromatic N) is 2. The van der Waals surface area contributed by atoms with Gasteiger partial charge in [-0.05, 0) is 35.0 Å². The van der Waals surface area contributed by atoms with E-state index in [4.69, 9.17) is 9.84 Å². The van der Waals surface area contributed by atoms with Gasteiger partial charge < -0.3 is 9.84 Å². The van der Waals surface area contributed by atoms with Crippen molar-refractivity contribution in [3.8, 4) is 5.75 Å². The molecule has 2 aromatic rings. The van der Waals surface area contributed by atoms with Crippen molar-refractivity contribution in [1.29, 1.82) is 0 Å². The number of carboxylic acid groups (broad SMARTS) is 1. The first-order chi connectivity index (χ1) is 9.81. The molecule has 0 unspecified atom stereocenters. The van der Waals surface area contributed by atoms with Crippen molar-refractivity contribution in [1.82, 2.24) is 9.78 Å². The normalized spacial score (nSPS) is 10.7. The number of ether oxygens (including phenoxy) is 1. The van der Waals surface area contributed by atoms with Gasteiger partial charge in [0.1, 0.15) is 6.61 Å². The fraction of sp³-hybridized carbons (Fsp3) is 0.231. The van der Waals surface area contributed by atoms with Crippen LogP contribution in [0.1, 0.15) is 21.7 Å². The van der Waals surface area contributed by atoms with Crippen molar-refractivity contribution < 1.29 is 23.4 Å². The second-order valence-corrected chi connectivity index (χ2v) is 5.13. The maximum absolute atomic E-state index is 13.7. The number of benzene rings is 1. The largest absolute Gasteiger partial charge is 0.481 e. The quantitative estimate of drug-likeness (QED) is 0.909. The standard InChI is InChI=1S/C13H11BrF2N2O3/c1-6-11(14)10(18(2)17-6)5-21-12-8(15)3-7(13(19)20)4-9(12)16/h3-4H,5H2,1-2H3,(H,19,20). The number of aromatic nitrogens is 2. The Bertz CT molecular complexity index is 693. The maximum atomic E-state index is 13.7. The lowest BCUT2D eigenvalue weighted by atomic mass is 10.2. The minimum atomic E-state index is -1.41. The van der Waals surface area contributed by atoms with Crippen molar-refractivity contribution in [3.05, 3.63) is 45.2 Å². The van der Waals surface area contributed by atoms with Crippen LogP contribution in [0.3, 0.4) is 0 Å². The highest BCUT2D eigenvalue weighted by Gasteiger charge is 2.18. The van der Waals surface area contributed by atoms with Crippen LogP contribution in [0, 0.1) is 18.6 Å². The number of aromatic carboxylic acids is 1. The predicted octanol–water partition coefficient (Wildman–Crippen LogP) is 3.05. The Hall–Kier alpha value is -1.96. The molecule has 1 heterocycles. The molecule has 21 heavy (non-hydrogen) atoms. The van der Waals surface area contributed by atoms with Gasteiger partial charge in [0.25, 0.3) is 0 Å². The molecule has 0 aliphatic rings. The molecule has 0 bridgehead atoms. The molecule has 8 heteroatoms. The van der Waals surface area contributed by atoms with Crippen LogP contribution in [-0.2, 0) is 13.7 Å². The van der Waals surface area contributed by atoms with E-state index in [1.165, 1.54) is 4.68 Å². The second kappa shape index (κ2) is 5.80. The van der Waals surface area contributed by atoms with Gasteiger partial charge in [-0.1, -0.05) is 0 Å². The Kier molecular flexibility index (Phi) is 4.26. The molecule has 1 aromatic heterocycles. The van der Waals surface area contributed by atoms with Crippen LogP contribution in [0.25, 0.3) is 0 Å². The Morgan fingerprint density at radius 1 is 1.43 bits per heavy atom. The van der Waals surface area contributed by atoms with Crippen LogP contribution in [-0.4, -0.2) is 20.9 Å². The molecule has 0 amide bonds. The van der Waals surface area contributed by atoms with E-state index >= 15 is 0 Å². The third kappa shape index (κ3) is 3.05. The lowest BCUT2D eigenvalue weighted by molar-refractivity contribution is 0.0695. The average molecular weight is 361 g/mol. The van der Waals surface area contributed by atoms with Crippen LogP contribution < -0.4 is 4.74 Å². The van der Waals surface area contributed by atoms with Gasteiger partial charge in [0, 0.05) is 7.05 Å². The Labute approximate surface area is 127 Å². The van der Waals surface area contributed by atoms with E-state index in [2.05, 4.69) is 21.0 Å². The van der Waals surface area contributed by atoms with E-state index in [9.17, 15) is 13.6 Å². The van der Waals surface area contributed by atoms with Crippen molar-refractivity contribution >= 4 is 21.9 Å². The predicted molar refractivity (Wildman–Crippen MR) is 73.3 cm³/mol. The Balaban J connectivity index is 2.26. The number of aryl methyl sites for hydroxylation is 2. The topological polar surface area (TPSA) is 64.4 Å². The molecule has 0 saturated heterocycles. The van der Waals surface area contributed by atoms with Crippen molar-refractivity contribution in [2.75, 3.05) is 0 Å². The van der Waals surface area contributed by atoms with E-state index in [0.717, 1.165) is 5.69 Å². The van der Waals surface area contributed by atoms with Crippen LogP contribution in [0.2, 0.25) is 0 Å². The molecule has 0 radical (unpaired) electrons. The number of carboxylic acids is 1. The van der Waals surface area contributed by atoms with E-state index in [1.807, 2.05) is 0 Å². The highest BCUT2D eigenvalue weighted by atomic mass is 79.9. The zero-order valence-electron chi connectivity index (χ0n) is 11.2. The molecule has 0 aliphatic carbocycles. The fourth-order valence-corrected chi connectivity index (χ4v) is 2.25. The zero-order valence-corrected chi connectivity index (χ0v) is 12.7. The lowest BCUT2D eigenvalue weighted by Gasteiger charge is -2.09. The van der Waals surface area contributed by atoms with Crippen molar-refractivity contribution in [3.63, 3.8) is 0 Å². The highest BCUT2D eigenvalue weighted by molar-refractivity contribution is 9.10.